The lowest BCUT2D eigenvalue weighted by Gasteiger charge is -2.08. The first-order chi connectivity index (χ1) is 14.4. The van der Waals surface area contributed by atoms with Crippen molar-refractivity contribution >= 4 is 41.2 Å². The maximum Gasteiger partial charge on any atom is 0.338 e. The molecule has 0 bridgehead atoms. The van der Waals surface area contributed by atoms with Crippen LogP contribution in [0, 0.1) is 3.95 Å². The van der Waals surface area contributed by atoms with Crippen molar-refractivity contribution in [1.29, 1.82) is 0 Å². The normalized spacial score (nSPS) is 10.5. The number of amides is 1. The lowest BCUT2D eigenvalue weighted by Crippen LogP contribution is -2.23. The van der Waals surface area contributed by atoms with Crippen LogP contribution in [-0.4, -0.2) is 30.2 Å². The number of esters is 1. The van der Waals surface area contributed by atoms with E-state index in [0.29, 0.717) is 33.2 Å². The minimum atomic E-state index is -0.399. The third kappa shape index (κ3) is 4.69. The summed E-state index contributed by atoms with van der Waals surface area (Å²) >= 11 is 6.54. The highest BCUT2D eigenvalue weighted by molar-refractivity contribution is 7.73. The highest BCUT2D eigenvalue weighted by Crippen LogP contribution is 2.26. The number of benzene rings is 2. The number of hydrogen-bond acceptors (Lipinski definition) is 7. The van der Waals surface area contributed by atoms with Crippen molar-refractivity contribution in [2.45, 2.75) is 13.5 Å². The molecule has 1 amide bonds. The molecule has 9 heteroatoms. The molecule has 3 aromatic rings. The van der Waals surface area contributed by atoms with E-state index in [1.807, 2.05) is 24.3 Å². The van der Waals surface area contributed by atoms with Gasteiger partial charge >= 0.3 is 5.97 Å². The number of ether oxygens (including phenoxy) is 2. The second-order valence-electron chi connectivity index (χ2n) is 6.22. The highest BCUT2D eigenvalue weighted by atomic mass is 32.1. The average molecular weight is 444 g/mol. The van der Waals surface area contributed by atoms with E-state index in [-0.39, 0.29) is 11.7 Å². The van der Waals surface area contributed by atoms with Crippen LogP contribution in [0.2, 0.25) is 0 Å². The van der Waals surface area contributed by atoms with Gasteiger partial charge in [0.1, 0.15) is 16.4 Å². The summed E-state index contributed by atoms with van der Waals surface area (Å²) in [6, 6.07) is 14.1. The minimum absolute atomic E-state index is 0.251. The number of nitrogen functional groups attached to an aromatic ring is 1. The van der Waals surface area contributed by atoms with Gasteiger partial charge in [-0.2, -0.15) is 0 Å². The van der Waals surface area contributed by atoms with Crippen molar-refractivity contribution < 1.29 is 19.1 Å². The Bertz CT molecular complexity index is 1100. The summed E-state index contributed by atoms with van der Waals surface area (Å²) in [4.78, 5) is 24.8. The molecule has 3 rings (SSSR count). The van der Waals surface area contributed by atoms with E-state index in [1.165, 1.54) is 0 Å². The lowest BCUT2D eigenvalue weighted by molar-refractivity contribution is 0.0526. The Labute approximate surface area is 183 Å². The summed E-state index contributed by atoms with van der Waals surface area (Å²) in [5.74, 6) is 0.297. The Morgan fingerprint density at radius 2 is 1.80 bits per heavy atom. The number of methoxy groups -OCH3 is 1. The fraction of sp³-hybridized carbons (Fsp3) is 0.190. The summed E-state index contributed by atoms with van der Waals surface area (Å²) < 4.78 is 12.2. The van der Waals surface area contributed by atoms with E-state index in [2.05, 4.69) is 5.32 Å². The van der Waals surface area contributed by atoms with Crippen molar-refractivity contribution in [1.82, 2.24) is 9.88 Å². The first kappa shape index (κ1) is 21.5. The Morgan fingerprint density at radius 1 is 1.13 bits per heavy atom. The summed E-state index contributed by atoms with van der Waals surface area (Å²) in [6.45, 7) is 2.40. The number of nitrogens with two attached hydrogens (primary N) is 1. The second-order valence-corrected chi connectivity index (χ2v) is 7.86. The lowest BCUT2D eigenvalue weighted by atomic mass is 10.2. The molecule has 0 aliphatic rings. The molecule has 0 fully saturated rings. The fourth-order valence-corrected chi connectivity index (χ4v) is 4.04. The molecule has 0 saturated carbocycles. The zero-order chi connectivity index (χ0) is 21.7. The number of nitrogens with one attached hydrogen (secondary N) is 1. The van der Waals surface area contributed by atoms with Gasteiger partial charge in [0.15, 0.2) is 3.95 Å². The maximum absolute atomic E-state index is 12.6. The molecular formula is C21H21N3O4S2. The molecule has 1 heterocycles. The Hall–Kier alpha value is -3.17. The number of nitrogens with zero attached hydrogens (tertiary/aromatic N) is 1. The van der Waals surface area contributed by atoms with Crippen LogP contribution in [0.4, 0.5) is 5.82 Å². The molecule has 0 radical (unpaired) electrons. The van der Waals surface area contributed by atoms with Gasteiger partial charge in [0.05, 0.1) is 19.3 Å². The number of thiazole rings is 1. The van der Waals surface area contributed by atoms with E-state index in [0.717, 1.165) is 22.6 Å². The zero-order valence-corrected chi connectivity index (χ0v) is 18.1. The van der Waals surface area contributed by atoms with Crippen LogP contribution in [0.1, 0.15) is 32.5 Å². The monoisotopic (exact) mass is 443 g/mol. The standard InChI is InChI=1S/C21H21N3O4S2/c1-3-28-20(26)14-6-8-15(9-7-14)24-18(22)17(30-21(24)29)19(25)23-12-13-4-10-16(27-2)11-5-13/h4-11H,3,12,22H2,1-2H3,(H,23,25). The first-order valence-electron chi connectivity index (χ1n) is 9.14. The minimum Gasteiger partial charge on any atom is -0.497 e. The van der Waals surface area contributed by atoms with Crippen LogP contribution in [0.5, 0.6) is 5.75 Å². The number of hydrogen-bond donors (Lipinski definition) is 2. The van der Waals surface area contributed by atoms with Gasteiger partial charge < -0.3 is 20.5 Å². The smallest absolute Gasteiger partial charge is 0.338 e. The van der Waals surface area contributed by atoms with E-state index in [9.17, 15) is 9.59 Å². The summed E-state index contributed by atoms with van der Waals surface area (Å²) in [5, 5.41) is 2.85. The van der Waals surface area contributed by atoms with Crippen LogP contribution in [-0.2, 0) is 11.3 Å². The van der Waals surface area contributed by atoms with Gasteiger partial charge in [-0.15, -0.1) is 0 Å². The zero-order valence-electron chi connectivity index (χ0n) is 16.5. The van der Waals surface area contributed by atoms with Crippen LogP contribution in [0.15, 0.2) is 48.5 Å². The molecule has 1 aromatic heterocycles. The molecule has 0 spiro atoms. The predicted molar refractivity (Wildman–Crippen MR) is 119 cm³/mol. The topological polar surface area (TPSA) is 95.6 Å². The van der Waals surface area contributed by atoms with Gasteiger partial charge in [-0.1, -0.05) is 23.5 Å². The fourth-order valence-electron chi connectivity index (χ4n) is 2.76. The largest absolute Gasteiger partial charge is 0.497 e. The van der Waals surface area contributed by atoms with Crippen LogP contribution >= 0.6 is 23.6 Å². The number of carbonyl (C=O) groups is 2. The van der Waals surface area contributed by atoms with Gasteiger partial charge in [0.2, 0.25) is 0 Å². The number of aromatic nitrogens is 1. The van der Waals surface area contributed by atoms with E-state index < -0.39 is 5.97 Å². The van der Waals surface area contributed by atoms with Crippen molar-refractivity contribution in [3.8, 4) is 11.4 Å². The van der Waals surface area contributed by atoms with E-state index in [1.54, 1.807) is 42.9 Å². The SMILES string of the molecule is CCOC(=O)c1ccc(-n2c(N)c(C(=O)NCc3ccc(OC)cc3)sc2=S)cc1. The highest BCUT2D eigenvalue weighted by Gasteiger charge is 2.18. The van der Waals surface area contributed by atoms with E-state index >= 15 is 0 Å². The molecule has 0 atom stereocenters. The summed E-state index contributed by atoms with van der Waals surface area (Å²) in [6.07, 6.45) is 0. The maximum atomic E-state index is 12.6. The number of carbonyl (C=O) groups excluding carboxylic acids is 2. The molecular weight excluding hydrogens is 422 g/mol. The third-order valence-corrected chi connectivity index (χ3v) is 5.69. The van der Waals surface area contributed by atoms with Gasteiger partial charge in [-0.05, 0) is 61.1 Å². The Balaban J connectivity index is 1.76. The van der Waals surface area contributed by atoms with Crippen molar-refractivity contribution in [3.05, 3.63) is 68.5 Å². The van der Waals surface area contributed by atoms with Gasteiger partial charge in [0.25, 0.3) is 5.91 Å². The molecule has 0 aliphatic heterocycles. The van der Waals surface area contributed by atoms with Gasteiger partial charge in [-0.25, -0.2) is 4.79 Å². The molecule has 7 nitrogen and oxygen atoms in total. The van der Waals surface area contributed by atoms with Crippen LogP contribution in [0.25, 0.3) is 5.69 Å². The van der Waals surface area contributed by atoms with Gasteiger partial charge in [0, 0.05) is 12.2 Å². The quantitative estimate of drug-likeness (QED) is 0.424. The van der Waals surface area contributed by atoms with Gasteiger partial charge in [-0.3, -0.25) is 9.36 Å². The van der Waals surface area contributed by atoms with Crippen LogP contribution < -0.4 is 15.8 Å². The van der Waals surface area contributed by atoms with Crippen LogP contribution in [0.3, 0.4) is 0 Å². The summed E-state index contributed by atoms with van der Waals surface area (Å²) in [7, 11) is 1.60. The van der Waals surface area contributed by atoms with Crippen molar-refractivity contribution in [2.75, 3.05) is 19.5 Å². The molecule has 0 aliphatic carbocycles. The molecule has 0 unspecified atom stereocenters. The Morgan fingerprint density at radius 3 is 2.40 bits per heavy atom. The number of rotatable bonds is 7. The summed E-state index contributed by atoms with van der Waals surface area (Å²) in [5.41, 5.74) is 8.25. The first-order valence-corrected chi connectivity index (χ1v) is 10.4. The number of anilines is 1. The molecule has 2 aromatic carbocycles. The van der Waals surface area contributed by atoms with Crippen molar-refractivity contribution in [2.24, 2.45) is 0 Å². The van der Waals surface area contributed by atoms with E-state index in [4.69, 9.17) is 27.4 Å². The molecule has 156 valence electrons. The molecule has 3 N–H and O–H groups in total. The third-order valence-electron chi connectivity index (χ3n) is 4.30. The average Bonchev–Trinajstić information content (AvgIpc) is 3.06. The predicted octanol–water partition coefficient (Wildman–Crippen LogP) is 3.97. The van der Waals surface area contributed by atoms with Crippen molar-refractivity contribution in [3.63, 3.8) is 0 Å². The molecule has 0 saturated heterocycles. The Kier molecular flexibility index (Phi) is 6.86. The second kappa shape index (κ2) is 9.55. The molecule has 30 heavy (non-hydrogen) atoms.